The van der Waals surface area contributed by atoms with Crippen molar-refractivity contribution < 1.29 is 4.79 Å². The third kappa shape index (κ3) is 3.44. The Morgan fingerprint density at radius 1 is 0.885 bits per heavy atom. The van der Waals surface area contributed by atoms with Crippen LogP contribution in [0.5, 0.6) is 0 Å². The molecule has 0 N–H and O–H groups in total. The molecule has 0 radical (unpaired) electrons. The van der Waals surface area contributed by atoms with E-state index in [1.54, 1.807) is 0 Å². The van der Waals surface area contributed by atoms with E-state index in [9.17, 15) is 4.79 Å². The maximum atomic E-state index is 12.6. The molecule has 4 nitrogen and oxygen atoms in total. The fraction of sp³-hybridized carbons (Fsp3) is 0.333. The zero-order chi connectivity index (χ0) is 17.9. The van der Waals surface area contributed by atoms with Gasteiger partial charge in [0.1, 0.15) is 6.17 Å². The predicted molar refractivity (Wildman–Crippen MR) is 106 cm³/mol. The fourth-order valence-corrected chi connectivity index (χ4v) is 4.22. The Morgan fingerprint density at radius 3 is 2.15 bits per heavy atom. The van der Waals surface area contributed by atoms with E-state index in [2.05, 4.69) is 46.2 Å². The zero-order valence-corrected chi connectivity index (χ0v) is 15.6. The highest BCUT2D eigenvalue weighted by atomic mass is 32.1. The number of carbonyl (C=O) groups is 1. The maximum Gasteiger partial charge on any atom is 0.226 e. The van der Waals surface area contributed by atoms with Gasteiger partial charge >= 0.3 is 0 Å². The third-order valence-corrected chi connectivity index (χ3v) is 5.68. The fourth-order valence-electron chi connectivity index (χ4n) is 3.85. The second-order valence-electron chi connectivity index (χ2n) is 6.91. The molecule has 5 heteroatoms. The minimum Gasteiger partial charge on any atom is -0.345 e. The van der Waals surface area contributed by atoms with Crippen LogP contribution in [0.25, 0.3) is 0 Å². The molecule has 0 spiro atoms. The second-order valence-corrected chi connectivity index (χ2v) is 7.27. The molecule has 2 aliphatic heterocycles. The van der Waals surface area contributed by atoms with Crippen molar-refractivity contribution in [2.24, 2.45) is 0 Å². The van der Waals surface area contributed by atoms with E-state index in [0.29, 0.717) is 13.0 Å². The van der Waals surface area contributed by atoms with E-state index < -0.39 is 0 Å². The molecule has 2 aliphatic rings. The summed E-state index contributed by atoms with van der Waals surface area (Å²) in [5.41, 5.74) is 2.43. The molecule has 0 saturated carbocycles. The molecule has 2 heterocycles. The molecule has 2 fully saturated rings. The van der Waals surface area contributed by atoms with Gasteiger partial charge in [0.25, 0.3) is 0 Å². The van der Waals surface area contributed by atoms with Crippen molar-refractivity contribution >= 4 is 23.2 Å². The Kier molecular flexibility index (Phi) is 4.89. The van der Waals surface area contributed by atoms with E-state index >= 15 is 0 Å². The molecule has 2 aromatic rings. The zero-order valence-electron chi connectivity index (χ0n) is 14.8. The number of hydrogen-bond donors (Lipinski definition) is 0. The molecule has 26 heavy (non-hydrogen) atoms. The summed E-state index contributed by atoms with van der Waals surface area (Å²) in [5, 5.41) is 0.871. The highest BCUT2D eigenvalue weighted by molar-refractivity contribution is 7.80. The van der Waals surface area contributed by atoms with Crippen LogP contribution in [-0.4, -0.2) is 45.0 Å². The highest BCUT2D eigenvalue weighted by Crippen LogP contribution is 2.27. The Hall–Kier alpha value is -2.40. The van der Waals surface area contributed by atoms with Crippen LogP contribution in [0, 0.1) is 0 Å². The van der Waals surface area contributed by atoms with Gasteiger partial charge in [-0.1, -0.05) is 60.7 Å². The average molecular weight is 366 g/mol. The minimum absolute atomic E-state index is 0.0796. The second kappa shape index (κ2) is 7.46. The molecule has 0 aromatic heterocycles. The minimum atomic E-state index is 0.0796. The third-order valence-electron chi connectivity index (χ3n) is 5.19. The molecular formula is C21H23N3OS. The van der Waals surface area contributed by atoms with Crippen LogP contribution in [0.2, 0.25) is 0 Å². The summed E-state index contributed by atoms with van der Waals surface area (Å²) in [6.45, 7) is 3.09. The highest BCUT2D eigenvalue weighted by Gasteiger charge is 2.39. The quantitative estimate of drug-likeness (QED) is 0.777. The lowest BCUT2D eigenvalue weighted by molar-refractivity contribution is -0.144. The summed E-state index contributed by atoms with van der Waals surface area (Å²) in [6.07, 6.45) is 1.53. The molecule has 1 amide bonds. The van der Waals surface area contributed by atoms with Gasteiger partial charge in [-0.2, -0.15) is 0 Å². The standard InChI is InChI=1S/C21H23N3OS/c25-20-12-14-23-19(24(20)16-18-9-5-2-6-10-18)11-13-22(21(23)26)15-17-7-3-1-4-8-17/h1-10,19H,11-16H2. The van der Waals surface area contributed by atoms with Gasteiger partial charge in [0, 0.05) is 39.0 Å². The van der Waals surface area contributed by atoms with Gasteiger partial charge < -0.3 is 14.7 Å². The van der Waals surface area contributed by atoms with Crippen molar-refractivity contribution in [3.8, 4) is 0 Å². The molecule has 2 saturated heterocycles. The van der Waals surface area contributed by atoms with Crippen LogP contribution >= 0.6 is 12.2 Å². The van der Waals surface area contributed by atoms with E-state index in [1.807, 2.05) is 29.2 Å². The normalized spacial score (nSPS) is 20.3. The lowest BCUT2D eigenvalue weighted by Gasteiger charge is -2.51. The first kappa shape index (κ1) is 17.0. The number of carbonyl (C=O) groups excluding carboxylic acids is 1. The number of thiocarbonyl (C=S) groups is 1. The van der Waals surface area contributed by atoms with Crippen molar-refractivity contribution in [1.82, 2.24) is 14.7 Å². The topological polar surface area (TPSA) is 26.8 Å². The predicted octanol–water partition coefficient (Wildman–Crippen LogP) is 3.24. The van der Waals surface area contributed by atoms with E-state index in [-0.39, 0.29) is 12.1 Å². The van der Waals surface area contributed by atoms with Gasteiger partial charge in [0.15, 0.2) is 5.11 Å². The van der Waals surface area contributed by atoms with E-state index in [4.69, 9.17) is 12.2 Å². The van der Waals surface area contributed by atoms with Crippen molar-refractivity contribution in [2.45, 2.75) is 32.1 Å². The molecule has 0 bridgehead atoms. The first-order valence-corrected chi connectivity index (χ1v) is 9.56. The number of nitrogens with zero attached hydrogens (tertiary/aromatic N) is 3. The van der Waals surface area contributed by atoms with Crippen LogP contribution in [-0.2, 0) is 17.9 Å². The lowest BCUT2D eigenvalue weighted by Crippen LogP contribution is -2.64. The largest absolute Gasteiger partial charge is 0.345 e. The van der Waals surface area contributed by atoms with Crippen LogP contribution in [0.4, 0.5) is 0 Å². The van der Waals surface area contributed by atoms with Crippen molar-refractivity contribution in [1.29, 1.82) is 0 Å². The van der Waals surface area contributed by atoms with Crippen LogP contribution in [0.15, 0.2) is 60.7 Å². The summed E-state index contributed by atoms with van der Waals surface area (Å²) >= 11 is 5.79. The number of benzene rings is 2. The monoisotopic (exact) mass is 365 g/mol. The van der Waals surface area contributed by atoms with Gasteiger partial charge in [0.2, 0.25) is 5.91 Å². The Labute approximate surface area is 160 Å². The summed E-state index contributed by atoms with van der Waals surface area (Å²) in [4.78, 5) is 19.1. The number of amides is 1. The average Bonchev–Trinajstić information content (AvgIpc) is 2.68. The van der Waals surface area contributed by atoms with Gasteiger partial charge in [0.05, 0.1) is 0 Å². The Bertz CT molecular complexity index is 780. The van der Waals surface area contributed by atoms with Gasteiger partial charge in [-0.15, -0.1) is 0 Å². The lowest BCUT2D eigenvalue weighted by atomic mass is 10.1. The smallest absolute Gasteiger partial charge is 0.226 e. The summed E-state index contributed by atoms with van der Waals surface area (Å²) in [5.74, 6) is 0.231. The molecule has 0 aliphatic carbocycles. The maximum absolute atomic E-state index is 12.6. The number of hydrogen-bond acceptors (Lipinski definition) is 2. The SMILES string of the molecule is O=C1CCN2C(=S)N(Cc3ccccc3)CCC2N1Cc1ccccc1. The molecular weight excluding hydrogens is 342 g/mol. The van der Waals surface area contributed by atoms with E-state index in [0.717, 1.165) is 31.2 Å². The number of fused-ring (bicyclic) bond motifs is 1. The molecule has 134 valence electrons. The molecule has 1 atom stereocenters. The van der Waals surface area contributed by atoms with Crippen molar-refractivity contribution in [3.63, 3.8) is 0 Å². The first-order valence-electron chi connectivity index (χ1n) is 9.15. The van der Waals surface area contributed by atoms with Gasteiger partial charge in [-0.05, 0) is 23.3 Å². The number of rotatable bonds is 4. The summed E-state index contributed by atoms with van der Waals surface area (Å²) in [7, 11) is 0. The summed E-state index contributed by atoms with van der Waals surface area (Å²) < 4.78 is 0. The Morgan fingerprint density at radius 2 is 1.50 bits per heavy atom. The van der Waals surface area contributed by atoms with Crippen LogP contribution in [0.3, 0.4) is 0 Å². The van der Waals surface area contributed by atoms with Crippen LogP contribution in [0.1, 0.15) is 24.0 Å². The molecule has 1 unspecified atom stereocenters. The van der Waals surface area contributed by atoms with E-state index in [1.165, 1.54) is 11.1 Å². The first-order chi connectivity index (χ1) is 12.7. The van der Waals surface area contributed by atoms with Crippen molar-refractivity contribution in [2.75, 3.05) is 13.1 Å². The Balaban J connectivity index is 1.49. The van der Waals surface area contributed by atoms with Crippen molar-refractivity contribution in [3.05, 3.63) is 71.8 Å². The van der Waals surface area contributed by atoms with Crippen LogP contribution < -0.4 is 0 Å². The molecule has 4 rings (SSSR count). The van der Waals surface area contributed by atoms with Gasteiger partial charge in [-0.25, -0.2) is 0 Å². The van der Waals surface area contributed by atoms with Gasteiger partial charge in [-0.3, -0.25) is 4.79 Å². The molecule has 2 aromatic carbocycles. The summed E-state index contributed by atoms with van der Waals surface area (Å²) in [6, 6.07) is 20.6.